The van der Waals surface area contributed by atoms with Gasteiger partial charge in [0.25, 0.3) is 0 Å². The molecule has 0 saturated carbocycles. The van der Waals surface area contributed by atoms with Gasteiger partial charge in [0, 0.05) is 0 Å². The van der Waals surface area contributed by atoms with E-state index in [0.29, 0.717) is 5.56 Å². The van der Waals surface area contributed by atoms with Crippen LogP contribution in [-0.2, 0) is 0 Å². The first-order chi connectivity index (χ1) is 7.66. The van der Waals surface area contributed by atoms with Gasteiger partial charge in [-0.15, -0.1) is 10.2 Å². The van der Waals surface area contributed by atoms with Crippen molar-refractivity contribution in [2.45, 2.75) is 19.9 Å². The predicted molar refractivity (Wildman–Crippen MR) is 63.1 cm³/mol. The van der Waals surface area contributed by atoms with Gasteiger partial charge in [-0.3, -0.25) is 0 Å². The van der Waals surface area contributed by atoms with E-state index < -0.39 is 0 Å². The molecule has 1 heterocycles. The highest BCUT2D eigenvalue weighted by molar-refractivity contribution is 7.13. The summed E-state index contributed by atoms with van der Waals surface area (Å²) in [6.45, 7) is 3.72. The Bertz CT molecular complexity index is 470. The van der Waals surface area contributed by atoms with Gasteiger partial charge in [-0.2, -0.15) is 0 Å². The van der Waals surface area contributed by atoms with Crippen molar-refractivity contribution in [3.8, 4) is 0 Å². The minimum Gasteiger partial charge on any atom is -0.354 e. The van der Waals surface area contributed by atoms with Gasteiger partial charge in [0.2, 0.25) is 5.13 Å². The summed E-state index contributed by atoms with van der Waals surface area (Å²) in [5.41, 5.74) is 3.22. The minimum absolute atomic E-state index is 0.0167. The highest BCUT2D eigenvalue weighted by Gasteiger charge is 2.08. The monoisotopic (exact) mass is 237 g/mol. The Balaban J connectivity index is 2.14. The van der Waals surface area contributed by atoms with Gasteiger partial charge in [0.1, 0.15) is 11.3 Å². The number of hydrogen-bond donors (Lipinski definition) is 1. The highest BCUT2D eigenvalue weighted by atomic mass is 32.1. The summed E-state index contributed by atoms with van der Waals surface area (Å²) in [5, 5.41) is 11.5. The fourth-order valence-corrected chi connectivity index (χ4v) is 1.92. The Hall–Kier alpha value is -1.49. The van der Waals surface area contributed by atoms with Crippen LogP contribution in [0, 0.1) is 12.7 Å². The number of nitrogens with zero attached hydrogens (tertiary/aromatic N) is 2. The predicted octanol–water partition coefficient (Wildman–Crippen LogP) is 3.16. The Morgan fingerprint density at radius 3 is 2.88 bits per heavy atom. The molecule has 84 valence electrons. The van der Waals surface area contributed by atoms with Gasteiger partial charge >= 0.3 is 0 Å². The van der Waals surface area contributed by atoms with Crippen LogP contribution in [0.2, 0.25) is 0 Å². The molecule has 1 aromatic carbocycles. The molecule has 16 heavy (non-hydrogen) atoms. The molecule has 1 unspecified atom stereocenters. The van der Waals surface area contributed by atoms with Crippen LogP contribution < -0.4 is 5.32 Å². The lowest BCUT2D eigenvalue weighted by Gasteiger charge is -2.13. The zero-order valence-corrected chi connectivity index (χ0v) is 9.88. The van der Waals surface area contributed by atoms with Crippen LogP contribution in [0.25, 0.3) is 0 Å². The molecular weight excluding hydrogens is 225 g/mol. The fraction of sp³-hybridized carbons (Fsp3) is 0.273. The maximum Gasteiger partial charge on any atom is 0.205 e. The van der Waals surface area contributed by atoms with Gasteiger partial charge in [-0.05, 0) is 31.0 Å². The maximum absolute atomic E-state index is 13.4. The number of hydrogen-bond acceptors (Lipinski definition) is 4. The molecular formula is C11H12FN3S. The van der Waals surface area contributed by atoms with E-state index in [9.17, 15) is 4.39 Å². The summed E-state index contributed by atoms with van der Waals surface area (Å²) in [4.78, 5) is 0. The summed E-state index contributed by atoms with van der Waals surface area (Å²) in [6.07, 6.45) is 0. The van der Waals surface area contributed by atoms with Crippen molar-refractivity contribution < 1.29 is 4.39 Å². The molecule has 2 aromatic rings. The van der Waals surface area contributed by atoms with Gasteiger partial charge in [0.15, 0.2) is 0 Å². The second-order valence-electron chi connectivity index (χ2n) is 3.62. The standard InChI is InChI=1S/C11H12FN3S/c1-7-3-4-9(5-10(7)12)8(2)14-11-15-13-6-16-11/h3-6,8H,1-2H3,(H,14,15). The molecule has 0 saturated heterocycles. The first-order valence-corrected chi connectivity index (χ1v) is 5.83. The van der Waals surface area contributed by atoms with E-state index in [1.165, 1.54) is 11.3 Å². The van der Waals surface area contributed by atoms with Crippen LogP contribution in [0.4, 0.5) is 9.52 Å². The van der Waals surface area contributed by atoms with Crippen molar-refractivity contribution in [3.05, 3.63) is 40.7 Å². The Morgan fingerprint density at radius 1 is 1.44 bits per heavy atom. The largest absolute Gasteiger partial charge is 0.354 e. The summed E-state index contributed by atoms with van der Waals surface area (Å²) in [7, 11) is 0. The van der Waals surface area contributed by atoms with Gasteiger partial charge in [-0.1, -0.05) is 23.5 Å². The van der Waals surface area contributed by atoms with Crippen LogP contribution in [0.5, 0.6) is 0 Å². The van der Waals surface area contributed by atoms with Crippen LogP contribution in [-0.4, -0.2) is 10.2 Å². The molecule has 0 radical (unpaired) electrons. The number of aromatic nitrogens is 2. The molecule has 5 heteroatoms. The SMILES string of the molecule is Cc1ccc(C(C)Nc2nncs2)cc1F. The van der Waals surface area contributed by atoms with Crippen molar-refractivity contribution in [3.63, 3.8) is 0 Å². The molecule has 1 N–H and O–H groups in total. The summed E-state index contributed by atoms with van der Waals surface area (Å²) in [5.74, 6) is -0.177. The zero-order valence-electron chi connectivity index (χ0n) is 9.07. The lowest BCUT2D eigenvalue weighted by Crippen LogP contribution is -2.06. The normalized spacial score (nSPS) is 12.4. The van der Waals surface area contributed by atoms with E-state index in [2.05, 4.69) is 15.5 Å². The van der Waals surface area contributed by atoms with E-state index in [1.54, 1.807) is 24.6 Å². The molecule has 0 bridgehead atoms. The quantitative estimate of drug-likeness (QED) is 0.891. The number of rotatable bonds is 3. The molecule has 0 spiro atoms. The minimum atomic E-state index is -0.177. The third-order valence-electron chi connectivity index (χ3n) is 2.40. The Labute approximate surface area is 97.3 Å². The van der Waals surface area contributed by atoms with Gasteiger partial charge < -0.3 is 5.32 Å². The second-order valence-corrected chi connectivity index (χ2v) is 4.45. The van der Waals surface area contributed by atoms with Gasteiger partial charge in [-0.25, -0.2) is 4.39 Å². The summed E-state index contributed by atoms with van der Waals surface area (Å²) >= 11 is 1.43. The average molecular weight is 237 g/mol. The molecule has 3 nitrogen and oxygen atoms in total. The van der Waals surface area contributed by atoms with Crippen LogP contribution in [0.3, 0.4) is 0 Å². The van der Waals surface area contributed by atoms with Crippen LogP contribution in [0.15, 0.2) is 23.7 Å². The van der Waals surface area contributed by atoms with Crippen molar-refractivity contribution in [2.75, 3.05) is 5.32 Å². The zero-order chi connectivity index (χ0) is 11.5. The second kappa shape index (κ2) is 4.57. The number of halogens is 1. The molecule has 1 aromatic heterocycles. The van der Waals surface area contributed by atoms with Crippen molar-refractivity contribution in [2.24, 2.45) is 0 Å². The van der Waals surface area contributed by atoms with Crippen molar-refractivity contribution in [1.82, 2.24) is 10.2 Å². The van der Waals surface area contributed by atoms with Crippen molar-refractivity contribution in [1.29, 1.82) is 0 Å². The lowest BCUT2D eigenvalue weighted by molar-refractivity contribution is 0.614. The molecule has 0 aliphatic carbocycles. The molecule has 0 aliphatic heterocycles. The number of benzene rings is 1. The maximum atomic E-state index is 13.4. The van der Waals surface area contributed by atoms with E-state index in [-0.39, 0.29) is 11.9 Å². The third kappa shape index (κ3) is 2.36. The van der Waals surface area contributed by atoms with E-state index in [4.69, 9.17) is 0 Å². The first kappa shape index (κ1) is 11.0. The molecule has 1 atom stereocenters. The van der Waals surface area contributed by atoms with E-state index in [0.717, 1.165) is 10.7 Å². The third-order valence-corrected chi connectivity index (χ3v) is 3.02. The Kier molecular flexibility index (Phi) is 3.14. The molecule has 0 fully saturated rings. The van der Waals surface area contributed by atoms with Crippen molar-refractivity contribution >= 4 is 16.5 Å². The number of aryl methyl sites for hydroxylation is 1. The number of anilines is 1. The van der Waals surface area contributed by atoms with Crippen LogP contribution in [0.1, 0.15) is 24.1 Å². The van der Waals surface area contributed by atoms with E-state index in [1.807, 2.05) is 13.0 Å². The summed E-state index contributed by atoms with van der Waals surface area (Å²) < 4.78 is 13.4. The smallest absolute Gasteiger partial charge is 0.205 e. The van der Waals surface area contributed by atoms with E-state index >= 15 is 0 Å². The molecule has 0 amide bonds. The summed E-state index contributed by atoms with van der Waals surface area (Å²) in [6, 6.07) is 5.26. The van der Waals surface area contributed by atoms with Gasteiger partial charge in [0.05, 0.1) is 6.04 Å². The molecule has 2 rings (SSSR count). The highest BCUT2D eigenvalue weighted by Crippen LogP contribution is 2.21. The average Bonchev–Trinajstić information content (AvgIpc) is 2.74. The lowest BCUT2D eigenvalue weighted by atomic mass is 10.1. The molecule has 0 aliphatic rings. The Morgan fingerprint density at radius 2 is 2.25 bits per heavy atom. The van der Waals surface area contributed by atoms with Crippen LogP contribution >= 0.6 is 11.3 Å². The number of nitrogens with one attached hydrogen (secondary N) is 1. The topological polar surface area (TPSA) is 37.8 Å². The fourth-order valence-electron chi connectivity index (χ4n) is 1.38. The first-order valence-electron chi connectivity index (χ1n) is 4.95.